The van der Waals surface area contributed by atoms with Crippen LogP contribution in [0.15, 0.2) is 53.1 Å². The Morgan fingerprint density at radius 3 is 2.68 bits per heavy atom. The van der Waals surface area contributed by atoms with Crippen molar-refractivity contribution in [3.05, 3.63) is 59.9 Å². The Hall–Kier alpha value is -2.02. The van der Waals surface area contributed by atoms with Crippen molar-refractivity contribution >= 4 is 5.97 Å². The van der Waals surface area contributed by atoms with Crippen molar-refractivity contribution in [1.82, 2.24) is 10.1 Å². The molecule has 0 aliphatic heterocycles. The SMILES string of the molecule is O=C(O)c1cccc(-c2noc(-c3ccccc3F)n2)c1.[H-].[Na+]. The average Bonchev–Trinajstić information content (AvgIpc) is 2.97. The molecule has 106 valence electrons. The van der Waals surface area contributed by atoms with E-state index in [0.717, 1.165) is 0 Å². The molecular weight excluding hydrogens is 298 g/mol. The van der Waals surface area contributed by atoms with Gasteiger partial charge in [0.15, 0.2) is 0 Å². The minimum atomic E-state index is -1.05. The second kappa shape index (κ2) is 6.83. The topological polar surface area (TPSA) is 76.2 Å². The van der Waals surface area contributed by atoms with Gasteiger partial charge in [0.25, 0.3) is 5.89 Å². The molecule has 0 aliphatic carbocycles. The predicted molar refractivity (Wildman–Crippen MR) is 73.2 cm³/mol. The summed E-state index contributed by atoms with van der Waals surface area (Å²) in [6.07, 6.45) is 0. The number of carbonyl (C=O) groups is 1. The molecular formula is C15H10FN2NaO3. The first kappa shape index (κ1) is 16.4. The van der Waals surface area contributed by atoms with Crippen molar-refractivity contribution in [3.63, 3.8) is 0 Å². The van der Waals surface area contributed by atoms with Gasteiger partial charge in [0.1, 0.15) is 5.82 Å². The molecule has 0 amide bonds. The van der Waals surface area contributed by atoms with Gasteiger partial charge in [-0.2, -0.15) is 4.98 Å². The fraction of sp³-hybridized carbons (Fsp3) is 0. The maximum absolute atomic E-state index is 13.7. The molecule has 0 spiro atoms. The fourth-order valence-corrected chi connectivity index (χ4v) is 1.88. The van der Waals surface area contributed by atoms with Gasteiger partial charge in [-0.05, 0) is 24.3 Å². The van der Waals surface area contributed by atoms with Gasteiger partial charge in [0, 0.05) is 5.56 Å². The molecule has 0 fully saturated rings. The van der Waals surface area contributed by atoms with E-state index in [1.165, 1.54) is 24.3 Å². The number of aromatic nitrogens is 2. The molecule has 0 atom stereocenters. The van der Waals surface area contributed by atoms with Crippen molar-refractivity contribution in [2.45, 2.75) is 0 Å². The van der Waals surface area contributed by atoms with E-state index in [1.54, 1.807) is 24.3 Å². The maximum Gasteiger partial charge on any atom is 1.00 e. The van der Waals surface area contributed by atoms with Crippen molar-refractivity contribution in [1.29, 1.82) is 0 Å². The summed E-state index contributed by atoms with van der Waals surface area (Å²) in [5.74, 6) is -1.26. The average molecular weight is 308 g/mol. The number of rotatable bonds is 3. The predicted octanol–water partition coefficient (Wildman–Crippen LogP) is 0.357. The van der Waals surface area contributed by atoms with Gasteiger partial charge in [-0.25, -0.2) is 9.18 Å². The van der Waals surface area contributed by atoms with E-state index in [-0.39, 0.29) is 53.8 Å². The number of hydrogen-bond acceptors (Lipinski definition) is 4. The summed E-state index contributed by atoms with van der Waals surface area (Å²) in [5.41, 5.74) is 0.802. The van der Waals surface area contributed by atoms with Crippen LogP contribution in [0, 0.1) is 5.82 Å². The van der Waals surface area contributed by atoms with Crippen LogP contribution in [0.2, 0.25) is 0 Å². The van der Waals surface area contributed by atoms with Crippen LogP contribution in [0.1, 0.15) is 11.8 Å². The Morgan fingerprint density at radius 1 is 1.18 bits per heavy atom. The van der Waals surface area contributed by atoms with Crippen LogP contribution >= 0.6 is 0 Å². The van der Waals surface area contributed by atoms with E-state index in [0.29, 0.717) is 5.56 Å². The minimum Gasteiger partial charge on any atom is -1.00 e. The van der Waals surface area contributed by atoms with Crippen LogP contribution in [0.3, 0.4) is 0 Å². The number of nitrogens with zero attached hydrogens (tertiary/aromatic N) is 2. The van der Waals surface area contributed by atoms with E-state index in [2.05, 4.69) is 10.1 Å². The van der Waals surface area contributed by atoms with E-state index < -0.39 is 11.8 Å². The first-order chi connectivity index (χ1) is 10.1. The van der Waals surface area contributed by atoms with E-state index >= 15 is 0 Å². The number of carboxylic acids is 1. The zero-order valence-electron chi connectivity index (χ0n) is 12.7. The molecule has 1 heterocycles. The first-order valence-electron chi connectivity index (χ1n) is 6.07. The Balaban J connectivity index is 0.00000132. The van der Waals surface area contributed by atoms with Gasteiger partial charge in [0.2, 0.25) is 5.82 Å². The van der Waals surface area contributed by atoms with Gasteiger partial charge < -0.3 is 11.1 Å². The van der Waals surface area contributed by atoms with E-state index in [9.17, 15) is 9.18 Å². The van der Waals surface area contributed by atoms with Crippen LogP contribution in [-0.4, -0.2) is 21.2 Å². The Morgan fingerprint density at radius 2 is 1.95 bits per heavy atom. The number of hydrogen-bond donors (Lipinski definition) is 1. The normalized spacial score (nSPS) is 10.0. The molecule has 5 nitrogen and oxygen atoms in total. The second-order valence-corrected chi connectivity index (χ2v) is 4.29. The standard InChI is InChI=1S/C15H9FN2O3.Na.H/c16-12-7-2-1-6-11(12)14-17-13(18-21-14)9-4-3-5-10(8-9)15(19)20;;/h1-8H,(H,19,20);;/q;+1;-1. The Bertz CT molecular complexity index is 826. The third-order valence-electron chi connectivity index (χ3n) is 2.90. The molecule has 0 saturated heterocycles. The molecule has 0 aliphatic rings. The molecule has 0 radical (unpaired) electrons. The third kappa shape index (κ3) is 3.24. The van der Waals surface area contributed by atoms with Crippen LogP contribution in [0.4, 0.5) is 4.39 Å². The molecule has 0 saturated carbocycles. The van der Waals surface area contributed by atoms with Gasteiger partial charge in [-0.3, -0.25) is 0 Å². The molecule has 3 rings (SSSR count). The van der Waals surface area contributed by atoms with Crippen molar-refractivity contribution in [3.8, 4) is 22.8 Å². The third-order valence-corrected chi connectivity index (χ3v) is 2.90. The first-order valence-corrected chi connectivity index (χ1v) is 6.07. The van der Waals surface area contributed by atoms with Gasteiger partial charge in [0.05, 0.1) is 11.1 Å². The quantitative estimate of drug-likeness (QED) is 0.707. The summed E-state index contributed by atoms with van der Waals surface area (Å²) < 4.78 is 18.7. The van der Waals surface area contributed by atoms with Crippen LogP contribution in [0.25, 0.3) is 22.8 Å². The molecule has 0 unspecified atom stereocenters. The summed E-state index contributed by atoms with van der Waals surface area (Å²) in [4.78, 5) is 15.0. The summed E-state index contributed by atoms with van der Waals surface area (Å²) >= 11 is 0. The number of carboxylic acid groups (broad SMARTS) is 1. The van der Waals surface area contributed by atoms with Crippen LogP contribution in [0.5, 0.6) is 0 Å². The minimum absolute atomic E-state index is 0. The molecule has 1 aromatic heterocycles. The van der Waals surface area contributed by atoms with Crippen molar-refractivity contribution in [2.24, 2.45) is 0 Å². The number of aromatic carboxylic acids is 1. The van der Waals surface area contributed by atoms with Crippen molar-refractivity contribution < 1.29 is 49.8 Å². The van der Waals surface area contributed by atoms with Crippen LogP contribution in [-0.2, 0) is 0 Å². The van der Waals surface area contributed by atoms with Crippen LogP contribution < -0.4 is 29.6 Å². The Labute approximate surface area is 148 Å². The van der Waals surface area contributed by atoms with Gasteiger partial charge >= 0.3 is 35.5 Å². The molecule has 1 N–H and O–H groups in total. The zero-order valence-corrected chi connectivity index (χ0v) is 13.7. The molecule has 22 heavy (non-hydrogen) atoms. The summed E-state index contributed by atoms with van der Waals surface area (Å²) in [5, 5.41) is 12.7. The number of benzene rings is 2. The van der Waals surface area contributed by atoms with E-state index in [1.807, 2.05) is 0 Å². The zero-order chi connectivity index (χ0) is 14.8. The largest absolute Gasteiger partial charge is 1.00 e. The monoisotopic (exact) mass is 308 g/mol. The Kier molecular flexibility index (Phi) is 5.07. The molecule has 3 aromatic rings. The number of halogens is 1. The smallest absolute Gasteiger partial charge is 1.00 e. The molecule has 2 aromatic carbocycles. The molecule has 0 bridgehead atoms. The van der Waals surface area contributed by atoms with E-state index in [4.69, 9.17) is 9.63 Å². The summed E-state index contributed by atoms with van der Waals surface area (Å²) in [6.45, 7) is 0. The second-order valence-electron chi connectivity index (χ2n) is 4.29. The van der Waals surface area contributed by atoms with Crippen molar-refractivity contribution in [2.75, 3.05) is 0 Å². The maximum atomic E-state index is 13.7. The summed E-state index contributed by atoms with van der Waals surface area (Å²) in [6, 6.07) is 12.2. The van der Waals surface area contributed by atoms with Gasteiger partial charge in [-0.15, -0.1) is 0 Å². The fourth-order valence-electron chi connectivity index (χ4n) is 1.88. The summed E-state index contributed by atoms with van der Waals surface area (Å²) in [7, 11) is 0. The van der Waals surface area contributed by atoms with Gasteiger partial charge in [-0.1, -0.05) is 29.4 Å². The molecule has 7 heteroatoms.